The molecule has 120 valence electrons. The van der Waals surface area contributed by atoms with Crippen molar-refractivity contribution in [3.63, 3.8) is 0 Å². The average molecular weight is 309 g/mol. The summed E-state index contributed by atoms with van der Waals surface area (Å²) in [5.41, 5.74) is 0.583. The van der Waals surface area contributed by atoms with Gasteiger partial charge < -0.3 is 14.4 Å². The van der Waals surface area contributed by atoms with Crippen LogP contribution in [-0.2, 0) is 9.53 Å². The van der Waals surface area contributed by atoms with E-state index >= 15 is 0 Å². The van der Waals surface area contributed by atoms with Gasteiger partial charge in [-0.25, -0.2) is 9.18 Å². The van der Waals surface area contributed by atoms with Crippen molar-refractivity contribution in [2.45, 2.75) is 13.8 Å². The highest BCUT2D eigenvalue weighted by Crippen LogP contribution is 2.17. The normalized spacial score (nSPS) is 10.0. The standard InChI is InChI=1S/C16H20FNO4/c1-5-18(9-11(2)3)15(19)10-22-16(20)13-7-6-12(21-4)8-14(13)17/h6-8H,2,5,9-10H2,1,3-4H3. The molecule has 5 nitrogen and oxygen atoms in total. The molecule has 0 spiro atoms. The van der Waals surface area contributed by atoms with E-state index in [9.17, 15) is 14.0 Å². The van der Waals surface area contributed by atoms with Crippen molar-refractivity contribution in [3.8, 4) is 5.75 Å². The summed E-state index contributed by atoms with van der Waals surface area (Å²) in [4.78, 5) is 25.2. The number of esters is 1. The number of carbonyl (C=O) groups excluding carboxylic acids is 2. The number of hydrogen-bond acceptors (Lipinski definition) is 4. The summed E-state index contributed by atoms with van der Waals surface area (Å²) in [6.07, 6.45) is 0. The lowest BCUT2D eigenvalue weighted by atomic mass is 10.2. The molecule has 0 aliphatic heterocycles. The quantitative estimate of drug-likeness (QED) is 0.573. The second kappa shape index (κ2) is 8.17. The average Bonchev–Trinajstić information content (AvgIpc) is 2.49. The topological polar surface area (TPSA) is 55.8 Å². The van der Waals surface area contributed by atoms with Crippen molar-refractivity contribution >= 4 is 11.9 Å². The number of rotatable bonds is 7. The smallest absolute Gasteiger partial charge is 0.341 e. The predicted molar refractivity (Wildman–Crippen MR) is 80.3 cm³/mol. The Balaban J connectivity index is 2.65. The molecular weight excluding hydrogens is 289 g/mol. The number of benzene rings is 1. The molecule has 0 saturated carbocycles. The van der Waals surface area contributed by atoms with Crippen LogP contribution in [0.2, 0.25) is 0 Å². The lowest BCUT2D eigenvalue weighted by Crippen LogP contribution is -2.35. The maximum absolute atomic E-state index is 13.7. The summed E-state index contributed by atoms with van der Waals surface area (Å²) >= 11 is 0. The molecule has 1 aromatic carbocycles. The third kappa shape index (κ3) is 4.87. The van der Waals surface area contributed by atoms with E-state index in [0.29, 0.717) is 18.8 Å². The molecule has 0 atom stereocenters. The molecular formula is C16H20FNO4. The fraction of sp³-hybridized carbons (Fsp3) is 0.375. The lowest BCUT2D eigenvalue weighted by molar-refractivity contribution is -0.133. The molecule has 0 N–H and O–H groups in total. The first-order valence-corrected chi connectivity index (χ1v) is 6.81. The van der Waals surface area contributed by atoms with Crippen LogP contribution in [0.15, 0.2) is 30.4 Å². The summed E-state index contributed by atoms with van der Waals surface area (Å²) in [6, 6.07) is 3.78. The van der Waals surface area contributed by atoms with Crippen molar-refractivity contribution in [3.05, 3.63) is 41.7 Å². The Morgan fingerprint density at radius 3 is 2.55 bits per heavy atom. The van der Waals surface area contributed by atoms with E-state index in [1.54, 1.807) is 6.92 Å². The maximum Gasteiger partial charge on any atom is 0.341 e. The minimum atomic E-state index is -0.889. The maximum atomic E-state index is 13.7. The third-order valence-electron chi connectivity index (χ3n) is 2.92. The van der Waals surface area contributed by atoms with Crippen molar-refractivity contribution < 1.29 is 23.5 Å². The van der Waals surface area contributed by atoms with E-state index in [0.717, 1.165) is 11.6 Å². The molecule has 0 aromatic heterocycles. The molecule has 22 heavy (non-hydrogen) atoms. The number of halogens is 1. The molecule has 0 radical (unpaired) electrons. The van der Waals surface area contributed by atoms with Gasteiger partial charge >= 0.3 is 5.97 Å². The molecule has 1 rings (SSSR count). The Morgan fingerprint density at radius 1 is 1.36 bits per heavy atom. The van der Waals surface area contributed by atoms with Gasteiger partial charge in [0.1, 0.15) is 11.6 Å². The first-order valence-electron chi connectivity index (χ1n) is 6.81. The minimum Gasteiger partial charge on any atom is -0.497 e. The Bertz CT molecular complexity index is 571. The molecule has 1 aromatic rings. The Morgan fingerprint density at radius 2 is 2.05 bits per heavy atom. The van der Waals surface area contributed by atoms with Crippen LogP contribution in [0.4, 0.5) is 4.39 Å². The number of likely N-dealkylation sites (N-methyl/N-ethyl adjacent to an activating group) is 1. The van der Waals surface area contributed by atoms with Crippen molar-refractivity contribution in [1.29, 1.82) is 0 Å². The van der Waals surface area contributed by atoms with E-state index in [4.69, 9.17) is 9.47 Å². The SMILES string of the molecule is C=C(C)CN(CC)C(=O)COC(=O)c1ccc(OC)cc1F. The number of amides is 1. The summed E-state index contributed by atoms with van der Waals surface area (Å²) in [5.74, 6) is -1.71. The van der Waals surface area contributed by atoms with Gasteiger partial charge in [-0.3, -0.25) is 4.79 Å². The first kappa shape index (κ1) is 17.7. The molecule has 0 fully saturated rings. The molecule has 0 aliphatic carbocycles. The van der Waals surface area contributed by atoms with Gasteiger partial charge in [-0.2, -0.15) is 0 Å². The van der Waals surface area contributed by atoms with Crippen LogP contribution in [0.5, 0.6) is 5.75 Å². The van der Waals surface area contributed by atoms with E-state index in [1.807, 2.05) is 6.92 Å². The molecule has 0 aliphatic rings. The number of nitrogens with zero attached hydrogens (tertiary/aromatic N) is 1. The van der Waals surface area contributed by atoms with Crippen LogP contribution in [0.25, 0.3) is 0 Å². The number of methoxy groups -OCH3 is 1. The molecule has 1 amide bonds. The highest BCUT2D eigenvalue weighted by atomic mass is 19.1. The fourth-order valence-corrected chi connectivity index (χ4v) is 1.79. The highest BCUT2D eigenvalue weighted by Gasteiger charge is 2.18. The summed E-state index contributed by atoms with van der Waals surface area (Å²) < 4.78 is 23.4. The zero-order valence-electron chi connectivity index (χ0n) is 13.0. The number of carbonyl (C=O) groups is 2. The fourth-order valence-electron chi connectivity index (χ4n) is 1.79. The van der Waals surface area contributed by atoms with E-state index in [1.165, 1.54) is 24.1 Å². The van der Waals surface area contributed by atoms with E-state index < -0.39 is 18.4 Å². The highest BCUT2D eigenvalue weighted by molar-refractivity contribution is 5.91. The zero-order valence-corrected chi connectivity index (χ0v) is 13.0. The molecule has 6 heteroatoms. The number of ether oxygens (including phenoxy) is 2. The summed E-state index contributed by atoms with van der Waals surface area (Å²) in [5, 5.41) is 0. The van der Waals surface area contributed by atoms with Crippen LogP contribution in [-0.4, -0.2) is 43.6 Å². The molecule has 0 bridgehead atoms. The van der Waals surface area contributed by atoms with Crippen LogP contribution < -0.4 is 4.74 Å². The summed E-state index contributed by atoms with van der Waals surface area (Å²) in [7, 11) is 1.40. The van der Waals surface area contributed by atoms with E-state index in [-0.39, 0.29) is 11.5 Å². The van der Waals surface area contributed by atoms with Gasteiger partial charge in [0.15, 0.2) is 6.61 Å². The van der Waals surface area contributed by atoms with Crippen molar-refractivity contribution in [1.82, 2.24) is 4.90 Å². The summed E-state index contributed by atoms with van der Waals surface area (Å²) in [6.45, 7) is 7.77. The zero-order chi connectivity index (χ0) is 16.7. The largest absolute Gasteiger partial charge is 0.497 e. The molecule has 0 heterocycles. The Hall–Kier alpha value is -2.37. The molecule has 0 saturated heterocycles. The van der Waals surface area contributed by atoms with Gasteiger partial charge in [-0.15, -0.1) is 0 Å². The van der Waals surface area contributed by atoms with Gasteiger partial charge in [0.2, 0.25) is 0 Å². The van der Waals surface area contributed by atoms with Crippen molar-refractivity contribution in [2.24, 2.45) is 0 Å². The van der Waals surface area contributed by atoms with Gasteiger partial charge in [0, 0.05) is 19.2 Å². The van der Waals surface area contributed by atoms with Gasteiger partial charge in [-0.1, -0.05) is 12.2 Å². The third-order valence-corrected chi connectivity index (χ3v) is 2.92. The second-order valence-electron chi connectivity index (χ2n) is 4.79. The Kier molecular flexibility index (Phi) is 6.56. The van der Waals surface area contributed by atoms with Gasteiger partial charge in [0.05, 0.1) is 12.7 Å². The van der Waals surface area contributed by atoms with Crippen molar-refractivity contribution in [2.75, 3.05) is 26.8 Å². The minimum absolute atomic E-state index is 0.239. The molecule has 0 unspecified atom stereocenters. The van der Waals surface area contributed by atoms with Crippen LogP contribution in [0.1, 0.15) is 24.2 Å². The predicted octanol–water partition coefficient (Wildman–Crippen LogP) is 2.42. The van der Waals surface area contributed by atoms with Crippen LogP contribution >= 0.6 is 0 Å². The van der Waals surface area contributed by atoms with Gasteiger partial charge in [0.25, 0.3) is 5.91 Å². The number of hydrogen-bond donors (Lipinski definition) is 0. The monoisotopic (exact) mass is 309 g/mol. The Labute approximate surface area is 129 Å². The van der Waals surface area contributed by atoms with Gasteiger partial charge in [-0.05, 0) is 26.0 Å². The van der Waals surface area contributed by atoms with Crippen LogP contribution in [0, 0.1) is 5.82 Å². The van der Waals surface area contributed by atoms with E-state index in [2.05, 4.69) is 6.58 Å². The first-order chi connectivity index (χ1) is 10.4. The second-order valence-corrected chi connectivity index (χ2v) is 4.79. The lowest BCUT2D eigenvalue weighted by Gasteiger charge is -2.20. The van der Waals surface area contributed by atoms with Crippen LogP contribution in [0.3, 0.4) is 0 Å².